The molecule has 0 saturated carbocycles. The number of piperidine rings is 1. The van der Waals surface area contributed by atoms with Crippen molar-refractivity contribution >= 4 is 27.7 Å². The van der Waals surface area contributed by atoms with Gasteiger partial charge >= 0.3 is 0 Å². The van der Waals surface area contributed by atoms with Crippen molar-refractivity contribution in [2.45, 2.75) is 12.8 Å². The molecule has 1 fully saturated rings. The van der Waals surface area contributed by atoms with Crippen LogP contribution in [0.1, 0.15) is 18.4 Å². The third-order valence-electron chi connectivity index (χ3n) is 5.29. The zero-order chi connectivity index (χ0) is 21.7. The molecule has 1 aliphatic heterocycles. The monoisotopic (exact) mass is 437 g/mol. The Balaban J connectivity index is 1.31. The highest BCUT2D eigenvalue weighted by Crippen LogP contribution is 2.24. The molecular weight excluding hydrogens is 414 g/mol. The molecular formula is C23H23N3O4S. The zero-order valence-electron chi connectivity index (χ0n) is 16.8. The van der Waals surface area contributed by atoms with Gasteiger partial charge in [-0.2, -0.15) is 4.31 Å². The van der Waals surface area contributed by atoms with Crippen LogP contribution >= 0.6 is 0 Å². The smallest absolute Gasteiger partial charge is 0.236 e. The average Bonchev–Trinajstić information content (AvgIpc) is 3.34. The van der Waals surface area contributed by atoms with E-state index < -0.39 is 10.0 Å². The van der Waals surface area contributed by atoms with E-state index in [9.17, 15) is 13.2 Å². The van der Waals surface area contributed by atoms with E-state index in [4.69, 9.17) is 4.42 Å². The molecule has 0 radical (unpaired) electrons. The summed E-state index contributed by atoms with van der Waals surface area (Å²) in [5.41, 5.74) is 2.39. The number of benzene rings is 2. The first kappa shape index (κ1) is 21.0. The van der Waals surface area contributed by atoms with Crippen LogP contribution in [0.25, 0.3) is 17.4 Å². The lowest BCUT2D eigenvalue weighted by molar-refractivity contribution is -0.120. The third-order valence-corrected chi connectivity index (χ3v) is 6.85. The number of aromatic nitrogens is 1. The molecule has 1 N–H and O–H groups in total. The molecule has 0 aliphatic carbocycles. The second-order valence-corrected chi connectivity index (χ2v) is 9.18. The van der Waals surface area contributed by atoms with Crippen LogP contribution < -0.4 is 5.32 Å². The van der Waals surface area contributed by atoms with Gasteiger partial charge < -0.3 is 9.73 Å². The van der Waals surface area contributed by atoms with E-state index in [1.807, 2.05) is 54.6 Å². The molecule has 1 aromatic heterocycles. The molecule has 0 spiro atoms. The van der Waals surface area contributed by atoms with Crippen molar-refractivity contribution in [1.82, 2.24) is 9.29 Å². The number of oxazole rings is 1. The molecule has 3 aromatic rings. The summed E-state index contributed by atoms with van der Waals surface area (Å²) in [5.74, 6) is 0.343. The van der Waals surface area contributed by atoms with Crippen molar-refractivity contribution in [2.75, 3.05) is 18.4 Å². The minimum atomic E-state index is -3.51. The van der Waals surface area contributed by atoms with Crippen molar-refractivity contribution in [2.24, 2.45) is 5.92 Å². The van der Waals surface area contributed by atoms with Gasteiger partial charge in [0.2, 0.25) is 15.9 Å². The van der Waals surface area contributed by atoms with Crippen molar-refractivity contribution in [3.8, 4) is 11.3 Å². The lowest BCUT2D eigenvalue weighted by Crippen LogP contribution is -2.40. The summed E-state index contributed by atoms with van der Waals surface area (Å²) >= 11 is 0. The van der Waals surface area contributed by atoms with Gasteiger partial charge in [0.25, 0.3) is 0 Å². The lowest BCUT2D eigenvalue weighted by atomic mass is 9.97. The Bertz CT molecular complexity index is 1130. The number of hydrogen-bond acceptors (Lipinski definition) is 5. The Morgan fingerprint density at radius 3 is 2.42 bits per heavy atom. The van der Waals surface area contributed by atoms with Crippen LogP contribution in [-0.4, -0.2) is 36.7 Å². The molecule has 4 rings (SSSR count). The fourth-order valence-electron chi connectivity index (χ4n) is 3.51. The maximum Gasteiger partial charge on any atom is 0.236 e. The van der Waals surface area contributed by atoms with Gasteiger partial charge in [0.05, 0.1) is 6.20 Å². The first-order chi connectivity index (χ1) is 15.0. The predicted molar refractivity (Wildman–Crippen MR) is 119 cm³/mol. The number of nitrogens with one attached hydrogen (secondary N) is 1. The molecule has 1 aliphatic rings. The number of nitrogens with zero attached hydrogens (tertiary/aromatic N) is 2. The molecule has 31 heavy (non-hydrogen) atoms. The van der Waals surface area contributed by atoms with Crippen LogP contribution in [0.2, 0.25) is 0 Å². The Kier molecular flexibility index (Phi) is 6.29. The van der Waals surface area contributed by atoms with Crippen LogP contribution in [0.4, 0.5) is 5.69 Å². The van der Waals surface area contributed by atoms with Crippen LogP contribution in [0.3, 0.4) is 0 Å². The zero-order valence-corrected chi connectivity index (χ0v) is 17.7. The largest absolute Gasteiger partial charge is 0.444 e. The first-order valence-electron chi connectivity index (χ1n) is 10.0. The molecule has 160 valence electrons. The van der Waals surface area contributed by atoms with E-state index in [0.29, 0.717) is 37.4 Å². The molecule has 0 atom stereocenters. The second-order valence-electron chi connectivity index (χ2n) is 7.36. The van der Waals surface area contributed by atoms with Crippen molar-refractivity contribution in [3.05, 3.63) is 78.2 Å². The molecule has 8 heteroatoms. The normalized spacial score (nSPS) is 15.9. The fourth-order valence-corrected chi connectivity index (χ4v) is 4.73. The van der Waals surface area contributed by atoms with E-state index in [-0.39, 0.29) is 11.8 Å². The van der Waals surface area contributed by atoms with Crippen molar-refractivity contribution in [1.29, 1.82) is 0 Å². The van der Waals surface area contributed by atoms with Crippen molar-refractivity contribution < 1.29 is 17.6 Å². The Labute approximate surface area is 181 Å². The number of anilines is 1. The SMILES string of the molecule is O=C(Nc1ccc(-c2cnco2)cc1)C1CCN(S(=O)(=O)/C=C/c2ccccc2)CC1. The Morgan fingerprint density at radius 1 is 1.06 bits per heavy atom. The first-order valence-corrected chi connectivity index (χ1v) is 11.5. The molecule has 0 unspecified atom stereocenters. The summed E-state index contributed by atoms with van der Waals surface area (Å²) in [5, 5.41) is 4.15. The molecule has 0 bridgehead atoms. The Morgan fingerprint density at radius 2 is 1.77 bits per heavy atom. The maximum absolute atomic E-state index is 12.6. The second kappa shape index (κ2) is 9.28. The standard InChI is InChI=1S/C23H23N3O4S/c27-23(25-21-8-6-19(7-9-21)22-16-24-17-30-22)20-10-13-26(14-11-20)31(28,29)15-12-18-4-2-1-3-5-18/h1-9,12,15-17,20H,10-11,13-14H2,(H,25,27)/b15-12+. The van der Waals surface area contributed by atoms with Gasteiger partial charge in [-0.25, -0.2) is 13.4 Å². The summed E-state index contributed by atoms with van der Waals surface area (Å²) < 4.78 is 31.9. The molecule has 2 heterocycles. The molecule has 1 amide bonds. The highest BCUT2D eigenvalue weighted by Gasteiger charge is 2.30. The lowest BCUT2D eigenvalue weighted by Gasteiger charge is -2.29. The number of carbonyl (C=O) groups is 1. The van der Waals surface area contributed by atoms with Gasteiger partial charge in [-0.15, -0.1) is 0 Å². The maximum atomic E-state index is 12.6. The number of sulfonamides is 1. The topological polar surface area (TPSA) is 92.5 Å². The minimum absolute atomic E-state index is 0.0932. The molecule has 1 saturated heterocycles. The summed E-state index contributed by atoms with van der Waals surface area (Å²) in [7, 11) is -3.51. The van der Waals surface area contributed by atoms with E-state index in [2.05, 4.69) is 10.3 Å². The summed E-state index contributed by atoms with van der Waals surface area (Å²) in [6.07, 6.45) is 5.57. The van der Waals surface area contributed by atoms with Gasteiger partial charge in [-0.05, 0) is 48.7 Å². The molecule has 2 aromatic carbocycles. The van der Waals surface area contributed by atoms with E-state index in [0.717, 1.165) is 11.1 Å². The van der Waals surface area contributed by atoms with Crippen LogP contribution in [-0.2, 0) is 14.8 Å². The van der Waals surface area contributed by atoms with Gasteiger partial charge in [-0.1, -0.05) is 30.3 Å². The Hall–Kier alpha value is -3.23. The average molecular weight is 438 g/mol. The van der Waals surface area contributed by atoms with E-state index in [1.54, 1.807) is 12.3 Å². The fraction of sp³-hybridized carbons (Fsp3) is 0.217. The van der Waals surface area contributed by atoms with Gasteiger partial charge in [0.1, 0.15) is 0 Å². The van der Waals surface area contributed by atoms with Crippen LogP contribution in [0, 0.1) is 5.92 Å². The minimum Gasteiger partial charge on any atom is -0.444 e. The predicted octanol–water partition coefficient (Wildman–Crippen LogP) is 3.99. The number of rotatable bonds is 6. The summed E-state index contributed by atoms with van der Waals surface area (Å²) in [6.45, 7) is 0.647. The summed E-state index contributed by atoms with van der Waals surface area (Å²) in [4.78, 5) is 16.5. The number of carbonyl (C=O) groups excluding carboxylic acids is 1. The highest BCUT2D eigenvalue weighted by molar-refractivity contribution is 7.92. The number of hydrogen-bond donors (Lipinski definition) is 1. The van der Waals surface area contributed by atoms with Crippen molar-refractivity contribution in [3.63, 3.8) is 0 Å². The molecule has 7 nitrogen and oxygen atoms in total. The van der Waals surface area contributed by atoms with E-state index >= 15 is 0 Å². The highest BCUT2D eigenvalue weighted by atomic mass is 32.2. The quantitative estimate of drug-likeness (QED) is 0.629. The van der Waals surface area contributed by atoms with Crippen LogP contribution in [0.15, 0.2) is 77.0 Å². The van der Waals surface area contributed by atoms with Gasteiger partial charge in [0.15, 0.2) is 12.2 Å². The summed E-state index contributed by atoms with van der Waals surface area (Å²) in [6, 6.07) is 16.6. The van der Waals surface area contributed by atoms with Gasteiger partial charge in [0, 0.05) is 35.7 Å². The van der Waals surface area contributed by atoms with Crippen LogP contribution in [0.5, 0.6) is 0 Å². The number of amides is 1. The third kappa shape index (κ3) is 5.28. The van der Waals surface area contributed by atoms with Gasteiger partial charge in [-0.3, -0.25) is 4.79 Å². The van der Waals surface area contributed by atoms with E-state index in [1.165, 1.54) is 16.1 Å².